The van der Waals surface area contributed by atoms with E-state index in [4.69, 9.17) is 5.11 Å². The molecule has 1 saturated heterocycles. The first kappa shape index (κ1) is 13.2. The Kier molecular flexibility index (Phi) is 3.88. The van der Waals surface area contributed by atoms with Crippen LogP contribution in [-0.2, 0) is 14.4 Å². The standard InChI is InChI=1S/C11H16N2O4/c1-5(2)8(11(16)17)13-10(15)7-4-6(3)9(14)12-7/h5,7-8H,3-4H2,1-2H3,(H,12,14)(H,13,15)(H,16,17)/t7-,8-/m0/s1. The Hall–Kier alpha value is -1.85. The van der Waals surface area contributed by atoms with Crippen LogP contribution in [0, 0.1) is 5.92 Å². The molecule has 6 heteroatoms. The van der Waals surface area contributed by atoms with Crippen LogP contribution in [-0.4, -0.2) is 35.0 Å². The number of carboxylic acids is 1. The summed E-state index contributed by atoms with van der Waals surface area (Å²) in [6, 6.07) is -1.66. The Morgan fingerprint density at radius 2 is 2.12 bits per heavy atom. The number of amides is 2. The van der Waals surface area contributed by atoms with E-state index >= 15 is 0 Å². The van der Waals surface area contributed by atoms with Gasteiger partial charge >= 0.3 is 5.97 Å². The van der Waals surface area contributed by atoms with E-state index < -0.39 is 24.0 Å². The second-order valence-electron chi connectivity index (χ2n) is 4.40. The van der Waals surface area contributed by atoms with Crippen LogP contribution >= 0.6 is 0 Å². The third-order valence-corrected chi connectivity index (χ3v) is 2.62. The maximum Gasteiger partial charge on any atom is 0.326 e. The van der Waals surface area contributed by atoms with Crippen LogP contribution in [0.4, 0.5) is 0 Å². The van der Waals surface area contributed by atoms with Gasteiger partial charge in [-0.3, -0.25) is 9.59 Å². The van der Waals surface area contributed by atoms with E-state index in [1.54, 1.807) is 13.8 Å². The molecule has 0 aliphatic carbocycles. The Bertz CT molecular complexity index is 360. The molecule has 17 heavy (non-hydrogen) atoms. The summed E-state index contributed by atoms with van der Waals surface area (Å²) in [5.74, 6) is -2.16. The van der Waals surface area contributed by atoms with E-state index in [0.717, 1.165) is 0 Å². The lowest BCUT2D eigenvalue weighted by atomic mass is 10.0. The summed E-state index contributed by atoms with van der Waals surface area (Å²) in [4.78, 5) is 33.8. The molecule has 1 heterocycles. The molecule has 0 aromatic heterocycles. The molecule has 0 aromatic carbocycles. The quantitative estimate of drug-likeness (QED) is 0.586. The highest BCUT2D eigenvalue weighted by atomic mass is 16.4. The minimum atomic E-state index is -1.09. The predicted molar refractivity (Wildman–Crippen MR) is 60.1 cm³/mol. The molecule has 0 aromatic rings. The normalized spacial score (nSPS) is 21.2. The van der Waals surface area contributed by atoms with Gasteiger partial charge in [-0.05, 0) is 5.92 Å². The average molecular weight is 240 g/mol. The molecule has 0 bridgehead atoms. The van der Waals surface area contributed by atoms with Gasteiger partial charge in [-0.25, -0.2) is 4.79 Å². The van der Waals surface area contributed by atoms with Crippen LogP contribution in [0.1, 0.15) is 20.3 Å². The van der Waals surface area contributed by atoms with Crippen LogP contribution in [0.5, 0.6) is 0 Å². The highest BCUT2D eigenvalue weighted by Crippen LogP contribution is 2.13. The van der Waals surface area contributed by atoms with Gasteiger partial charge in [0.25, 0.3) is 0 Å². The molecule has 0 saturated carbocycles. The number of hydrogen-bond donors (Lipinski definition) is 3. The Morgan fingerprint density at radius 3 is 2.47 bits per heavy atom. The summed E-state index contributed by atoms with van der Waals surface area (Å²) in [7, 11) is 0. The Labute approximate surface area is 99.1 Å². The predicted octanol–water partition coefficient (Wildman–Crippen LogP) is -0.343. The summed E-state index contributed by atoms with van der Waals surface area (Å²) >= 11 is 0. The molecule has 0 radical (unpaired) electrons. The lowest BCUT2D eigenvalue weighted by molar-refractivity contribution is -0.143. The van der Waals surface area contributed by atoms with Gasteiger partial charge in [0, 0.05) is 12.0 Å². The van der Waals surface area contributed by atoms with Crippen molar-refractivity contribution in [2.45, 2.75) is 32.4 Å². The van der Waals surface area contributed by atoms with Crippen molar-refractivity contribution in [2.24, 2.45) is 5.92 Å². The number of carbonyl (C=O) groups is 3. The van der Waals surface area contributed by atoms with E-state index in [0.29, 0.717) is 5.57 Å². The third-order valence-electron chi connectivity index (χ3n) is 2.62. The van der Waals surface area contributed by atoms with Gasteiger partial charge in [0.2, 0.25) is 11.8 Å². The molecule has 2 amide bonds. The first-order valence-electron chi connectivity index (χ1n) is 5.34. The SMILES string of the molecule is C=C1C[C@@H](C(=O)N[C@H](C(=O)O)C(C)C)NC1=O. The molecule has 3 N–H and O–H groups in total. The fraction of sp³-hybridized carbons (Fsp3) is 0.545. The Balaban J connectivity index is 2.63. The average Bonchev–Trinajstić information content (AvgIpc) is 2.54. The topological polar surface area (TPSA) is 95.5 Å². The monoisotopic (exact) mass is 240 g/mol. The van der Waals surface area contributed by atoms with Crippen molar-refractivity contribution >= 4 is 17.8 Å². The fourth-order valence-corrected chi connectivity index (χ4v) is 1.58. The van der Waals surface area contributed by atoms with Gasteiger partial charge in [-0.15, -0.1) is 0 Å². The zero-order valence-corrected chi connectivity index (χ0v) is 9.82. The Morgan fingerprint density at radius 1 is 1.53 bits per heavy atom. The minimum absolute atomic E-state index is 0.217. The lowest BCUT2D eigenvalue weighted by Gasteiger charge is -2.19. The van der Waals surface area contributed by atoms with E-state index in [9.17, 15) is 14.4 Å². The maximum atomic E-state index is 11.7. The van der Waals surface area contributed by atoms with Crippen molar-refractivity contribution in [3.05, 3.63) is 12.2 Å². The molecule has 1 aliphatic rings. The molecule has 1 rings (SSSR count). The van der Waals surface area contributed by atoms with E-state index in [1.165, 1.54) is 0 Å². The largest absolute Gasteiger partial charge is 0.480 e. The minimum Gasteiger partial charge on any atom is -0.480 e. The zero-order valence-electron chi connectivity index (χ0n) is 9.82. The smallest absolute Gasteiger partial charge is 0.326 e. The molecular formula is C11H16N2O4. The van der Waals surface area contributed by atoms with Gasteiger partial charge in [0.05, 0.1) is 0 Å². The second kappa shape index (κ2) is 4.99. The third kappa shape index (κ3) is 3.05. The van der Waals surface area contributed by atoms with Crippen molar-refractivity contribution in [3.8, 4) is 0 Å². The first-order chi connectivity index (χ1) is 7.82. The molecule has 2 atom stereocenters. The van der Waals surface area contributed by atoms with Crippen molar-refractivity contribution in [1.29, 1.82) is 0 Å². The lowest BCUT2D eigenvalue weighted by Crippen LogP contribution is -2.50. The molecule has 94 valence electrons. The van der Waals surface area contributed by atoms with Crippen molar-refractivity contribution in [1.82, 2.24) is 10.6 Å². The van der Waals surface area contributed by atoms with Crippen molar-refractivity contribution < 1.29 is 19.5 Å². The maximum absolute atomic E-state index is 11.7. The molecule has 0 spiro atoms. The van der Waals surface area contributed by atoms with Crippen molar-refractivity contribution in [2.75, 3.05) is 0 Å². The highest BCUT2D eigenvalue weighted by Gasteiger charge is 2.33. The first-order valence-corrected chi connectivity index (χ1v) is 5.34. The van der Waals surface area contributed by atoms with Crippen LogP contribution in [0.2, 0.25) is 0 Å². The zero-order chi connectivity index (χ0) is 13.2. The van der Waals surface area contributed by atoms with Gasteiger partial charge < -0.3 is 15.7 Å². The summed E-state index contributed by atoms with van der Waals surface area (Å²) < 4.78 is 0. The summed E-state index contributed by atoms with van der Waals surface area (Å²) in [6.45, 7) is 6.91. The molecule has 1 aliphatic heterocycles. The number of carbonyl (C=O) groups excluding carboxylic acids is 2. The fourth-order valence-electron chi connectivity index (χ4n) is 1.58. The van der Waals surface area contributed by atoms with E-state index in [-0.39, 0.29) is 18.2 Å². The summed E-state index contributed by atoms with van der Waals surface area (Å²) in [5, 5.41) is 13.8. The van der Waals surface area contributed by atoms with Crippen LogP contribution < -0.4 is 10.6 Å². The van der Waals surface area contributed by atoms with E-state index in [2.05, 4.69) is 17.2 Å². The summed E-state index contributed by atoms with van der Waals surface area (Å²) in [5.41, 5.74) is 0.335. The second-order valence-corrected chi connectivity index (χ2v) is 4.40. The summed E-state index contributed by atoms with van der Waals surface area (Å²) in [6.07, 6.45) is 0.217. The van der Waals surface area contributed by atoms with Crippen molar-refractivity contribution in [3.63, 3.8) is 0 Å². The number of nitrogens with one attached hydrogen (secondary N) is 2. The number of hydrogen-bond acceptors (Lipinski definition) is 3. The van der Waals surface area contributed by atoms with Gasteiger partial charge in [0.15, 0.2) is 0 Å². The van der Waals surface area contributed by atoms with Gasteiger partial charge in [0.1, 0.15) is 12.1 Å². The number of carboxylic acid groups (broad SMARTS) is 1. The van der Waals surface area contributed by atoms with Gasteiger partial charge in [-0.2, -0.15) is 0 Å². The molecular weight excluding hydrogens is 224 g/mol. The van der Waals surface area contributed by atoms with Crippen LogP contribution in [0.25, 0.3) is 0 Å². The van der Waals surface area contributed by atoms with Crippen LogP contribution in [0.3, 0.4) is 0 Å². The molecule has 1 fully saturated rings. The molecule has 6 nitrogen and oxygen atoms in total. The van der Waals surface area contributed by atoms with Crippen LogP contribution in [0.15, 0.2) is 12.2 Å². The number of rotatable bonds is 4. The number of aliphatic carboxylic acids is 1. The highest BCUT2D eigenvalue weighted by molar-refractivity contribution is 6.01. The van der Waals surface area contributed by atoms with E-state index in [1.807, 2.05) is 0 Å². The van der Waals surface area contributed by atoms with Gasteiger partial charge in [-0.1, -0.05) is 20.4 Å². The molecule has 0 unspecified atom stereocenters.